The smallest absolute Gasteiger partial charge is 0.231 e. The predicted octanol–water partition coefficient (Wildman–Crippen LogP) is 3.35. The molecule has 2 aromatic rings. The number of hydrogen-bond acceptors (Lipinski definition) is 4. The summed E-state index contributed by atoms with van der Waals surface area (Å²) in [6.45, 7) is -0.0495. The van der Waals surface area contributed by atoms with Gasteiger partial charge in [-0.3, -0.25) is 0 Å². The highest BCUT2D eigenvalue weighted by Crippen LogP contribution is 2.41. The number of anilines is 1. The molecule has 0 fully saturated rings. The van der Waals surface area contributed by atoms with Crippen molar-refractivity contribution >= 4 is 17.3 Å². The van der Waals surface area contributed by atoms with Crippen LogP contribution in [-0.2, 0) is 0 Å². The van der Waals surface area contributed by atoms with E-state index in [-0.39, 0.29) is 19.2 Å². The van der Waals surface area contributed by atoms with Crippen molar-refractivity contribution in [1.82, 2.24) is 0 Å². The maximum Gasteiger partial charge on any atom is 0.231 e. The first-order chi connectivity index (χ1) is 10.2. The maximum atomic E-state index is 13.2. The summed E-state index contributed by atoms with van der Waals surface area (Å²) in [7, 11) is 0. The lowest BCUT2D eigenvalue weighted by atomic mass is 10.1. The van der Waals surface area contributed by atoms with Crippen molar-refractivity contribution in [2.75, 3.05) is 18.7 Å². The average molecular weight is 310 g/mol. The van der Waals surface area contributed by atoms with Gasteiger partial charge in [-0.05, 0) is 35.9 Å². The van der Waals surface area contributed by atoms with E-state index in [1.54, 1.807) is 24.3 Å². The van der Waals surface area contributed by atoms with Crippen LogP contribution < -0.4 is 14.8 Å². The van der Waals surface area contributed by atoms with E-state index in [2.05, 4.69) is 5.32 Å². The third-order valence-corrected chi connectivity index (χ3v) is 3.48. The van der Waals surface area contributed by atoms with Gasteiger partial charge in [-0.2, -0.15) is 0 Å². The number of aliphatic hydroxyl groups excluding tert-OH is 1. The number of aliphatic hydroxyl groups is 1. The van der Waals surface area contributed by atoms with Gasteiger partial charge in [0.05, 0.1) is 17.7 Å². The van der Waals surface area contributed by atoms with Gasteiger partial charge in [0.15, 0.2) is 11.5 Å². The first-order valence-corrected chi connectivity index (χ1v) is 6.77. The molecule has 21 heavy (non-hydrogen) atoms. The predicted molar refractivity (Wildman–Crippen MR) is 77.4 cm³/mol. The molecule has 0 radical (unpaired) electrons. The minimum absolute atomic E-state index is 0.125. The van der Waals surface area contributed by atoms with Crippen molar-refractivity contribution in [2.45, 2.75) is 6.04 Å². The molecule has 0 saturated carbocycles. The van der Waals surface area contributed by atoms with E-state index in [1.165, 1.54) is 12.1 Å². The second-order valence-corrected chi connectivity index (χ2v) is 5.03. The van der Waals surface area contributed by atoms with Crippen LogP contribution in [0.4, 0.5) is 10.1 Å². The van der Waals surface area contributed by atoms with E-state index in [4.69, 9.17) is 21.1 Å². The van der Waals surface area contributed by atoms with E-state index in [0.29, 0.717) is 22.2 Å². The molecule has 1 unspecified atom stereocenters. The van der Waals surface area contributed by atoms with Crippen LogP contribution >= 0.6 is 11.6 Å². The Morgan fingerprint density at radius 1 is 1.29 bits per heavy atom. The summed E-state index contributed by atoms with van der Waals surface area (Å²) in [5, 5.41) is 13.1. The van der Waals surface area contributed by atoms with Crippen LogP contribution in [0.1, 0.15) is 11.6 Å². The van der Waals surface area contributed by atoms with Crippen LogP contribution in [0.25, 0.3) is 0 Å². The Morgan fingerprint density at radius 3 is 2.90 bits per heavy atom. The van der Waals surface area contributed by atoms with E-state index in [0.717, 1.165) is 5.56 Å². The third kappa shape index (κ3) is 2.89. The largest absolute Gasteiger partial charge is 0.454 e. The first-order valence-electron chi connectivity index (χ1n) is 6.39. The molecular weight excluding hydrogens is 297 g/mol. The Morgan fingerprint density at radius 2 is 2.14 bits per heavy atom. The number of ether oxygens (including phenoxy) is 2. The second kappa shape index (κ2) is 5.79. The Kier molecular flexibility index (Phi) is 3.86. The van der Waals surface area contributed by atoms with Gasteiger partial charge in [-0.25, -0.2) is 4.39 Å². The number of nitrogens with one attached hydrogen (secondary N) is 1. The van der Waals surface area contributed by atoms with Crippen molar-refractivity contribution < 1.29 is 19.0 Å². The summed E-state index contributed by atoms with van der Waals surface area (Å²) in [6, 6.07) is 9.05. The van der Waals surface area contributed by atoms with Gasteiger partial charge in [-0.15, -0.1) is 0 Å². The van der Waals surface area contributed by atoms with Crippen LogP contribution in [-0.4, -0.2) is 18.5 Å². The number of rotatable bonds is 4. The van der Waals surface area contributed by atoms with Crippen LogP contribution in [0.3, 0.4) is 0 Å². The van der Waals surface area contributed by atoms with Crippen molar-refractivity contribution in [3.05, 3.63) is 52.8 Å². The topological polar surface area (TPSA) is 50.7 Å². The third-order valence-electron chi connectivity index (χ3n) is 3.20. The molecule has 0 saturated heterocycles. The molecule has 1 heterocycles. The zero-order valence-corrected chi connectivity index (χ0v) is 11.7. The van der Waals surface area contributed by atoms with Gasteiger partial charge < -0.3 is 19.9 Å². The normalized spacial score (nSPS) is 14.0. The van der Waals surface area contributed by atoms with Gasteiger partial charge in [0.2, 0.25) is 6.79 Å². The summed E-state index contributed by atoms with van der Waals surface area (Å²) in [6.07, 6.45) is 0. The van der Waals surface area contributed by atoms with Crippen LogP contribution in [0, 0.1) is 5.82 Å². The molecular formula is C15H13ClFNO3. The van der Waals surface area contributed by atoms with Crippen LogP contribution in [0.5, 0.6) is 11.5 Å². The molecule has 2 aromatic carbocycles. The quantitative estimate of drug-likeness (QED) is 0.909. The van der Waals surface area contributed by atoms with Gasteiger partial charge in [-0.1, -0.05) is 17.7 Å². The number of benzene rings is 2. The number of fused-ring (bicyclic) bond motifs is 1. The fourth-order valence-electron chi connectivity index (χ4n) is 2.20. The van der Waals surface area contributed by atoms with Crippen molar-refractivity contribution in [3.63, 3.8) is 0 Å². The average Bonchev–Trinajstić information content (AvgIpc) is 2.93. The van der Waals surface area contributed by atoms with Crippen LogP contribution in [0.15, 0.2) is 36.4 Å². The summed E-state index contributed by atoms with van der Waals surface area (Å²) in [4.78, 5) is 0. The summed E-state index contributed by atoms with van der Waals surface area (Å²) < 4.78 is 23.8. The van der Waals surface area contributed by atoms with Gasteiger partial charge in [0.1, 0.15) is 5.82 Å². The molecule has 1 aliphatic rings. The van der Waals surface area contributed by atoms with Gasteiger partial charge in [0.25, 0.3) is 0 Å². The molecule has 110 valence electrons. The minimum Gasteiger partial charge on any atom is -0.454 e. The molecule has 1 aliphatic heterocycles. The maximum absolute atomic E-state index is 13.2. The lowest BCUT2D eigenvalue weighted by Gasteiger charge is -2.19. The van der Waals surface area contributed by atoms with E-state index < -0.39 is 6.04 Å². The van der Waals surface area contributed by atoms with E-state index in [9.17, 15) is 9.50 Å². The summed E-state index contributed by atoms with van der Waals surface area (Å²) in [5.74, 6) is 0.695. The van der Waals surface area contributed by atoms with Crippen molar-refractivity contribution in [3.8, 4) is 11.5 Å². The molecule has 0 bridgehead atoms. The molecule has 6 heteroatoms. The molecule has 1 atom stereocenters. The Hall–Kier alpha value is -1.98. The second-order valence-electron chi connectivity index (χ2n) is 4.63. The SMILES string of the molecule is OCC(Nc1cccc(F)c1)c1cc(Cl)c2c(c1)OCO2. The Labute approximate surface area is 126 Å². The first kappa shape index (κ1) is 14.0. The van der Waals surface area contributed by atoms with Gasteiger partial charge in [0, 0.05) is 5.69 Å². The highest BCUT2D eigenvalue weighted by molar-refractivity contribution is 6.32. The van der Waals surface area contributed by atoms with E-state index in [1.807, 2.05) is 0 Å². The fourth-order valence-corrected chi connectivity index (χ4v) is 2.48. The number of halogens is 2. The van der Waals surface area contributed by atoms with Crippen LogP contribution in [0.2, 0.25) is 5.02 Å². The number of hydrogen-bond donors (Lipinski definition) is 2. The summed E-state index contributed by atoms with van der Waals surface area (Å²) in [5.41, 5.74) is 1.30. The molecule has 3 rings (SSSR count). The molecule has 2 N–H and O–H groups in total. The monoisotopic (exact) mass is 309 g/mol. The molecule has 4 nitrogen and oxygen atoms in total. The van der Waals surface area contributed by atoms with Gasteiger partial charge >= 0.3 is 0 Å². The van der Waals surface area contributed by atoms with Crippen molar-refractivity contribution in [1.29, 1.82) is 0 Å². The minimum atomic E-state index is -0.432. The fraction of sp³-hybridized carbons (Fsp3) is 0.200. The molecule has 0 aromatic heterocycles. The lowest BCUT2D eigenvalue weighted by molar-refractivity contribution is 0.174. The van der Waals surface area contributed by atoms with E-state index >= 15 is 0 Å². The highest BCUT2D eigenvalue weighted by Gasteiger charge is 2.21. The highest BCUT2D eigenvalue weighted by atomic mass is 35.5. The molecule has 0 aliphatic carbocycles. The zero-order chi connectivity index (χ0) is 14.8. The lowest BCUT2D eigenvalue weighted by Crippen LogP contribution is -2.15. The standard InChI is InChI=1S/C15H13ClFNO3/c16-12-4-9(5-14-15(12)21-8-20-14)13(7-19)18-11-3-1-2-10(17)6-11/h1-6,13,18-19H,7-8H2. The van der Waals surface area contributed by atoms with Crippen molar-refractivity contribution in [2.24, 2.45) is 0 Å². The Bertz CT molecular complexity index is 665. The molecule has 0 spiro atoms. The summed E-state index contributed by atoms with van der Waals surface area (Å²) >= 11 is 6.13. The Balaban J connectivity index is 1.88. The molecule has 0 amide bonds. The zero-order valence-electron chi connectivity index (χ0n) is 11.0.